The Morgan fingerprint density at radius 2 is 1.38 bits per heavy atom. The first-order valence-corrected chi connectivity index (χ1v) is 7.95. The lowest BCUT2D eigenvalue weighted by atomic mass is 10.0. The van der Waals surface area contributed by atoms with Crippen LogP contribution >= 0.6 is 0 Å². The molecule has 0 aliphatic heterocycles. The van der Waals surface area contributed by atoms with Crippen LogP contribution in [0, 0.1) is 0 Å². The van der Waals surface area contributed by atoms with Gasteiger partial charge in [-0.15, -0.1) is 0 Å². The number of phenolic OH excluding ortho intramolecular Hbond substituents is 1. The fourth-order valence-electron chi connectivity index (χ4n) is 2.42. The van der Waals surface area contributed by atoms with Crippen molar-refractivity contribution in [3.63, 3.8) is 0 Å². The summed E-state index contributed by atoms with van der Waals surface area (Å²) < 4.78 is 11.5. The maximum Gasteiger partial charge on any atom is 0.128 e. The summed E-state index contributed by atoms with van der Waals surface area (Å²) >= 11 is 0. The average Bonchev–Trinajstić information content (AvgIpc) is 2.59. The Hall–Kier alpha value is -2.94. The molecule has 0 aromatic heterocycles. The molecule has 0 saturated carbocycles. The lowest BCUT2D eigenvalue weighted by molar-refractivity contribution is 0.242. The Labute approximate surface area is 142 Å². The zero-order chi connectivity index (χ0) is 16.9. The molecule has 0 atom stereocenters. The third kappa shape index (κ3) is 3.87. The van der Waals surface area contributed by atoms with Gasteiger partial charge in [-0.1, -0.05) is 30.3 Å². The number of hydrogen-bond donors (Lipinski definition) is 1. The molecule has 3 heteroatoms. The van der Waals surface area contributed by atoms with Gasteiger partial charge in [0.2, 0.25) is 0 Å². The molecule has 3 rings (SSSR count). The Morgan fingerprint density at radius 1 is 0.750 bits per heavy atom. The van der Waals surface area contributed by atoms with Gasteiger partial charge in [0.1, 0.15) is 23.0 Å². The van der Waals surface area contributed by atoms with E-state index in [0.29, 0.717) is 5.75 Å². The second-order valence-corrected chi connectivity index (χ2v) is 5.79. The summed E-state index contributed by atoms with van der Waals surface area (Å²) in [5.41, 5.74) is 1.69. The highest BCUT2D eigenvalue weighted by Crippen LogP contribution is 2.34. The van der Waals surface area contributed by atoms with Crippen molar-refractivity contribution in [1.82, 2.24) is 0 Å². The van der Waals surface area contributed by atoms with E-state index in [0.717, 1.165) is 22.6 Å². The molecular formula is C21H20O3. The zero-order valence-electron chi connectivity index (χ0n) is 13.8. The zero-order valence-corrected chi connectivity index (χ0v) is 13.8. The molecule has 0 amide bonds. The van der Waals surface area contributed by atoms with E-state index in [2.05, 4.69) is 0 Å². The molecule has 0 aliphatic carbocycles. The molecule has 0 heterocycles. The van der Waals surface area contributed by atoms with Crippen LogP contribution in [0.5, 0.6) is 23.0 Å². The number of hydrogen-bond acceptors (Lipinski definition) is 3. The van der Waals surface area contributed by atoms with Gasteiger partial charge in [0, 0.05) is 5.56 Å². The molecule has 1 N–H and O–H groups in total. The van der Waals surface area contributed by atoms with E-state index in [-0.39, 0.29) is 11.9 Å². The van der Waals surface area contributed by atoms with Crippen molar-refractivity contribution < 1.29 is 14.6 Å². The van der Waals surface area contributed by atoms with Crippen molar-refractivity contribution in [2.45, 2.75) is 20.0 Å². The molecule has 0 unspecified atom stereocenters. The highest BCUT2D eigenvalue weighted by Gasteiger charge is 2.07. The Bertz CT molecular complexity index is 793. The maximum absolute atomic E-state index is 10.1. The lowest BCUT2D eigenvalue weighted by Crippen LogP contribution is -2.05. The SMILES string of the molecule is CC(C)Oc1ccc(Oc2ccc(O)c(-c3ccccc3)c2)cc1. The summed E-state index contributed by atoms with van der Waals surface area (Å²) in [6.45, 7) is 3.98. The molecular weight excluding hydrogens is 300 g/mol. The van der Waals surface area contributed by atoms with Crippen molar-refractivity contribution in [2.24, 2.45) is 0 Å². The summed E-state index contributed by atoms with van der Waals surface area (Å²) in [5.74, 6) is 2.43. The Balaban J connectivity index is 1.81. The normalized spacial score (nSPS) is 10.6. The summed E-state index contributed by atoms with van der Waals surface area (Å²) in [5, 5.41) is 10.1. The molecule has 3 aromatic rings. The summed E-state index contributed by atoms with van der Waals surface area (Å²) in [6.07, 6.45) is 0.141. The first-order valence-electron chi connectivity index (χ1n) is 7.95. The van der Waals surface area contributed by atoms with Crippen LogP contribution in [0.3, 0.4) is 0 Å². The van der Waals surface area contributed by atoms with E-state index in [4.69, 9.17) is 9.47 Å². The van der Waals surface area contributed by atoms with E-state index in [1.54, 1.807) is 12.1 Å². The van der Waals surface area contributed by atoms with Crippen molar-refractivity contribution in [3.8, 4) is 34.1 Å². The lowest BCUT2D eigenvalue weighted by Gasteiger charge is -2.12. The van der Waals surface area contributed by atoms with Gasteiger partial charge < -0.3 is 14.6 Å². The summed E-state index contributed by atoms with van der Waals surface area (Å²) in [7, 11) is 0. The highest BCUT2D eigenvalue weighted by molar-refractivity contribution is 5.71. The molecule has 24 heavy (non-hydrogen) atoms. The first kappa shape index (κ1) is 15.9. The first-order chi connectivity index (χ1) is 11.6. The molecule has 0 saturated heterocycles. The fraction of sp³-hybridized carbons (Fsp3) is 0.143. The summed E-state index contributed by atoms with van der Waals surface area (Å²) in [4.78, 5) is 0. The van der Waals surface area contributed by atoms with Gasteiger partial charge in [-0.25, -0.2) is 0 Å². The minimum atomic E-state index is 0.141. The molecule has 0 spiro atoms. The number of aromatic hydroxyl groups is 1. The second kappa shape index (κ2) is 7.09. The standard InChI is InChI=1S/C21H20O3/c1-15(2)23-17-8-10-18(11-9-17)24-19-12-13-21(22)20(14-19)16-6-4-3-5-7-16/h3-15,22H,1-2H3. The molecule has 3 aromatic carbocycles. The topological polar surface area (TPSA) is 38.7 Å². The second-order valence-electron chi connectivity index (χ2n) is 5.79. The fourth-order valence-corrected chi connectivity index (χ4v) is 2.42. The van der Waals surface area contributed by atoms with Crippen LogP contribution in [0.25, 0.3) is 11.1 Å². The van der Waals surface area contributed by atoms with Crippen molar-refractivity contribution in [2.75, 3.05) is 0 Å². The quantitative estimate of drug-likeness (QED) is 0.661. The molecule has 0 radical (unpaired) electrons. The van der Waals surface area contributed by atoms with Crippen LogP contribution in [-0.2, 0) is 0 Å². The van der Waals surface area contributed by atoms with Gasteiger partial charge in [-0.2, -0.15) is 0 Å². The Kier molecular flexibility index (Phi) is 4.71. The monoisotopic (exact) mass is 320 g/mol. The molecule has 122 valence electrons. The van der Waals surface area contributed by atoms with E-state index >= 15 is 0 Å². The van der Waals surface area contributed by atoms with Crippen LogP contribution in [0.2, 0.25) is 0 Å². The van der Waals surface area contributed by atoms with Gasteiger partial charge >= 0.3 is 0 Å². The minimum Gasteiger partial charge on any atom is -0.507 e. The molecule has 0 bridgehead atoms. The Morgan fingerprint density at radius 3 is 2.04 bits per heavy atom. The third-order valence-electron chi connectivity index (χ3n) is 3.48. The van der Waals surface area contributed by atoms with E-state index in [1.807, 2.05) is 74.5 Å². The molecule has 0 aliphatic rings. The van der Waals surface area contributed by atoms with E-state index in [9.17, 15) is 5.11 Å². The van der Waals surface area contributed by atoms with Crippen molar-refractivity contribution in [1.29, 1.82) is 0 Å². The number of phenols is 1. The van der Waals surface area contributed by atoms with Gasteiger partial charge in [0.15, 0.2) is 0 Å². The number of rotatable bonds is 5. The van der Waals surface area contributed by atoms with Crippen LogP contribution in [0.15, 0.2) is 72.8 Å². The van der Waals surface area contributed by atoms with Crippen LogP contribution in [0.1, 0.15) is 13.8 Å². The molecule has 0 fully saturated rings. The van der Waals surface area contributed by atoms with Gasteiger partial charge in [-0.05, 0) is 61.9 Å². The van der Waals surface area contributed by atoms with Crippen molar-refractivity contribution in [3.05, 3.63) is 72.8 Å². The predicted octanol–water partition coefficient (Wildman–Crippen LogP) is 5.64. The third-order valence-corrected chi connectivity index (χ3v) is 3.48. The minimum absolute atomic E-state index is 0.141. The van der Waals surface area contributed by atoms with Crippen LogP contribution < -0.4 is 9.47 Å². The van der Waals surface area contributed by atoms with Crippen LogP contribution in [-0.4, -0.2) is 11.2 Å². The van der Waals surface area contributed by atoms with Gasteiger partial charge in [0.25, 0.3) is 0 Å². The smallest absolute Gasteiger partial charge is 0.128 e. The average molecular weight is 320 g/mol. The summed E-state index contributed by atoms with van der Waals surface area (Å²) in [6, 6.07) is 22.5. The molecule has 3 nitrogen and oxygen atoms in total. The van der Waals surface area contributed by atoms with Gasteiger partial charge in [0.05, 0.1) is 6.10 Å². The van der Waals surface area contributed by atoms with Crippen molar-refractivity contribution >= 4 is 0 Å². The number of benzene rings is 3. The number of ether oxygens (including phenoxy) is 2. The highest BCUT2D eigenvalue weighted by atomic mass is 16.5. The van der Waals surface area contributed by atoms with Gasteiger partial charge in [-0.3, -0.25) is 0 Å². The van der Waals surface area contributed by atoms with E-state index in [1.165, 1.54) is 0 Å². The van der Waals surface area contributed by atoms with Crippen LogP contribution in [0.4, 0.5) is 0 Å². The maximum atomic E-state index is 10.1. The largest absolute Gasteiger partial charge is 0.507 e. The predicted molar refractivity (Wildman–Crippen MR) is 95.8 cm³/mol. The van der Waals surface area contributed by atoms with E-state index < -0.39 is 0 Å².